The molecule has 1 amide bonds. The van der Waals surface area contributed by atoms with Crippen molar-refractivity contribution in [3.8, 4) is 5.69 Å². The summed E-state index contributed by atoms with van der Waals surface area (Å²) in [7, 11) is 0. The van der Waals surface area contributed by atoms with Crippen LogP contribution in [0.25, 0.3) is 5.69 Å². The Labute approximate surface area is 171 Å². The SMILES string of the molecule is CCOC(=O)C(C)(C)NCC(=O)Nc1cc(C2CCCC2)nn1-c1ccccc1. The van der Waals surface area contributed by atoms with E-state index >= 15 is 0 Å². The Kier molecular flexibility index (Phi) is 6.69. The van der Waals surface area contributed by atoms with Gasteiger partial charge in [-0.15, -0.1) is 0 Å². The van der Waals surface area contributed by atoms with Crippen molar-refractivity contribution in [2.45, 2.75) is 57.9 Å². The number of nitrogens with zero attached hydrogens (tertiary/aromatic N) is 2. The van der Waals surface area contributed by atoms with Gasteiger partial charge in [0.15, 0.2) is 0 Å². The third-order valence-electron chi connectivity index (χ3n) is 5.25. The van der Waals surface area contributed by atoms with Crippen LogP contribution in [0.15, 0.2) is 36.4 Å². The molecule has 0 aliphatic heterocycles. The first-order valence-electron chi connectivity index (χ1n) is 10.3. The van der Waals surface area contributed by atoms with Crippen molar-refractivity contribution in [2.75, 3.05) is 18.5 Å². The average molecular weight is 399 g/mol. The molecule has 0 atom stereocenters. The lowest BCUT2D eigenvalue weighted by Gasteiger charge is -2.23. The summed E-state index contributed by atoms with van der Waals surface area (Å²) in [6, 6.07) is 11.7. The van der Waals surface area contributed by atoms with Gasteiger partial charge in [-0.1, -0.05) is 31.0 Å². The van der Waals surface area contributed by atoms with Gasteiger partial charge in [-0.3, -0.25) is 14.9 Å². The molecule has 1 saturated carbocycles. The summed E-state index contributed by atoms with van der Waals surface area (Å²) in [5.41, 5.74) is 0.968. The standard InChI is InChI=1S/C22H30N4O3/c1-4-29-21(28)22(2,3)23-15-20(27)24-19-14-18(16-10-8-9-11-16)25-26(19)17-12-6-5-7-13-17/h5-7,12-14,16,23H,4,8-11,15H2,1-3H3,(H,24,27). The van der Waals surface area contributed by atoms with E-state index in [-0.39, 0.29) is 18.4 Å². The fraction of sp³-hybridized carbons (Fsp3) is 0.500. The van der Waals surface area contributed by atoms with Gasteiger partial charge in [0.05, 0.1) is 24.5 Å². The van der Waals surface area contributed by atoms with Gasteiger partial charge < -0.3 is 10.1 Å². The van der Waals surface area contributed by atoms with Crippen LogP contribution in [0.2, 0.25) is 0 Å². The van der Waals surface area contributed by atoms with Gasteiger partial charge in [-0.2, -0.15) is 5.10 Å². The molecule has 156 valence electrons. The fourth-order valence-electron chi connectivity index (χ4n) is 3.55. The predicted molar refractivity (Wildman–Crippen MR) is 112 cm³/mol. The molecular weight excluding hydrogens is 368 g/mol. The highest BCUT2D eigenvalue weighted by Crippen LogP contribution is 2.35. The fourth-order valence-corrected chi connectivity index (χ4v) is 3.55. The maximum atomic E-state index is 12.6. The molecule has 1 aromatic carbocycles. The Bertz CT molecular complexity index is 839. The van der Waals surface area contributed by atoms with Crippen molar-refractivity contribution in [1.82, 2.24) is 15.1 Å². The molecule has 0 spiro atoms. The van der Waals surface area contributed by atoms with E-state index in [4.69, 9.17) is 9.84 Å². The van der Waals surface area contributed by atoms with Gasteiger partial charge in [0.2, 0.25) is 5.91 Å². The molecule has 0 radical (unpaired) electrons. The van der Waals surface area contributed by atoms with Crippen molar-refractivity contribution >= 4 is 17.7 Å². The molecule has 7 nitrogen and oxygen atoms in total. The van der Waals surface area contributed by atoms with Crippen LogP contribution in [0, 0.1) is 0 Å². The topological polar surface area (TPSA) is 85.2 Å². The normalized spacial score (nSPS) is 14.7. The monoisotopic (exact) mass is 398 g/mol. The summed E-state index contributed by atoms with van der Waals surface area (Å²) in [5, 5.41) is 10.7. The predicted octanol–water partition coefficient (Wildman–Crippen LogP) is 3.40. The number of esters is 1. The van der Waals surface area contributed by atoms with Crippen molar-refractivity contribution in [3.63, 3.8) is 0 Å². The van der Waals surface area contributed by atoms with E-state index in [1.54, 1.807) is 25.5 Å². The molecule has 7 heteroatoms. The number of carbonyl (C=O) groups is 2. The molecule has 1 heterocycles. The first kappa shape index (κ1) is 21.0. The highest BCUT2D eigenvalue weighted by molar-refractivity contribution is 5.92. The highest BCUT2D eigenvalue weighted by Gasteiger charge is 2.29. The van der Waals surface area contributed by atoms with Crippen LogP contribution in [-0.4, -0.2) is 40.3 Å². The zero-order valence-corrected chi connectivity index (χ0v) is 17.4. The number of hydrogen-bond acceptors (Lipinski definition) is 5. The minimum Gasteiger partial charge on any atom is -0.465 e. The number of carbonyl (C=O) groups excluding carboxylic acids is 2. The first-order chi connectivity index (χ1) is 13.9. The van der Waals surface area contributed by atoms with Crippen LogP contribution in [-0.2, 0) is 14.3 Å². The summed E-state index contributed by atoms with van der Waals surface area (Å²) in [5.74, 6) is 0.457. The third-order valence-corrected chi connectivity index (χ3v) is 5.25. The maximum absolute atomic E-state index is 12.6. The molecule has 2 N–H and O–H groups in total. The minimum absolute atomic E-state index is 0.00938. The van der Waals surface area contributed by atoms with E-state index in [0.29, 0.717) is 18.3 Å². The van der Waals surface area contributed by atoms with E-state index in [2.05, 4.69) is 10.6 Å². The van der Waals surface area contributed by atoms with E-state index in [0.717, 1.165) is 24.2 Å². The molecule has 0 bridgehead atoms. The third kappa shape index (κ3) is 5.23. The number of amides is 1. The van der Waals surface area contributed by atoms with Crippen LogP contribution in [0.5, 0.6) is 0 Å². The molecule has 1 fully saturated rings. The zero-order chi connectivity index (χ0) is 20.9. The van der Waals surface area contributed by atoms with Gasteiger partial charge in [0.25, 0.3) is 0 Å². The Balaban J connectivity index is 1.73. The summed E-state index contributed by atoms with van der Waals surface area (Å²) >= 11 is 0. The van der Waals surface area contributed by atoms with Gasteiger partial charge >= 0.3 is 5.97 Å². The summed E-state index contributed by atoms with van der Waals surface area (Å²) in [6.07, 6.45) is 4.71. The summed E-state index contributed by atoms with van der Waals surface area (Å²) in [6.45, 7) is 5.45. The first-order valence-corrected chi connectivity index (χ1v) is 10.3. The number of anilines is 1. The summed E-state index contributed by atoms with van der Waals surface area (Å²) < 4.78 is 6.83. The van der Waals surface area contributed by atoms with Crippen LogP contribution in [0.3, 0.4) is 0 Å². The second kappa shape index (κ2) is 9.22. The zero-order valence-electron chi connectivity index (χ0n) is 17.4. The Morgan fingerprint density at radius 2 is 1.90 bits per heavy atom. The lowest BCUT2D eigenvalue weighted by Crippen LogP contribution is -2.50. The van der Waals surface area contributed by atoms with E-state index in [9.17, 15) is 9.59 Å². The lowest BCUT2D eigenvalue weighted by atomic mass is 10.0. The van der Waals surface area contributed by atoms with Crippen LogP contribution in [0.4, 0.5) is 5.82 Å². The van der Waals surface area contributed by atoms with Crippen molar-refractivity contribution < 1.29 is 14.3 Å². The van der Waals surface area contributed by atoms with Crippen LogP contribution >= 0.6 is 0 Å². The minimum atomic E-state index is -0.942. The van der Waals surface area contributed by atoms with E-state index in [1.165, 1.54) is 12.8 Å². The largest absolute Gasteiger partial charge is 0.465 e. The van der Waals surface area contributed by atoms with Crippen molar-refractivity contribution in [1.29, 1.82) is 0 Å². The summed E-state index contributed by atoms with van der Waals surface area (Å²) in [4.78, 5) is 24.6. The van der Waals surface area contributed by atoms with Crippen molar-refractivity contribution in [2.24, 2.45) is 0 Å². The van der Waals surface area contributed by atoms with Gasteiger partial charge in [-0.25, -0.2) is 4.68 Å². The lowest BCUT2D eigenvalue weighted by molar-refractivity contribution is -0.149. The number of nitrogens with one attached hydrogen (secondary N) is 2. The molecule has 29 heavy (non-hydrogen) atoms. The van der Waals surface area contributed by atoms with E-state index in [1.807, 2.05) is 36.4 Å². The molecule has 0 unspecified atom stereocenters. The molecular formula is C22H30N4O3. The molecule has 1 aliphatic rings. The van der Waals surface area contributed by atoms with Gasteiger partial charge in [0.1, 0.15) is 11.4 Å². The van der Waals surface area contributed by atoms with Crippen LogP contribution < -0.4 is 10.6 Å². The molecule has 2 aromatic rings. The second-order valence-corrected chi connectivity index (χ2v) is 7.93. The molecule has 1 aromatic heterocycles. The smallest absolute Gasteiger partial charge is 0.325 e. The number of rotatable bonds is 8. The van der Waals surface area contributed by atoms with Gasteiger partial charge in [-0.05, 0) is 45.7 Å². The van der Waals surface area contributed by atoms with Crippen molar-refractivity contribution in [3.05, 3.63) is 42.1 Å². The Hall–Kier alpha value is -2.67. The Morgan fingerprint density at radius 1 is 1.21 bits per heavy atom. The molecule has 1 aliphatic carbocycles. The number of hydrogen-bond donors (Lipinski definition) is 2. The number of benzene rings is 1. The Morgan fingerprint density at radius 3 is 2.55 bits per heavy atom. The number of ether oxygens (including phenoxy) is 1. The highest BCUT2D eigenvalue weighted by atomic mass is 16.5. The number of aromatic nitrogens is 2. The second-order valence-electron chi connectivity index (χ2n) is 7.93. The molecule has 0 saturated heterocycles. The average Bonchev–Trinajstić information content (AvgIpc) is 3.37. The van der Waals surface area contributed by atoms with Crippen LogP contribution in [0.1, 0.15) is 58.1 Å². The van der Waals surface area contributed by atoms with Gasteiger partial charge in [0, 0.05) is 12.0 Å². The molecule has 3 rings (SSSR count). The quantitative estimate of drug-likeness (QED) is 0.666. The number of para-hydroxylation sites is 1. The van der Waals surface area contributed by atoms with E-state index < -0.39 is 5.54 Å². The maximum Gasteiger partial charge on any atom is 0.325 e.